The van der Waals surface area contributed by atoms with Gasteiger partial charge in [0, 0.05) is 13.0 Å². The molecule has 0 aromatic rings. The molecule has 80 valence electrons. The molecule has 0 aliphatic carbocycles. The maximum atomic E-state index is 5.84. The number of aliphatic imine (C=N–C) groups is 1. The number of fused-ring (bicyclic) bond motifs is 1. The van der Waals surface area contributed by atoms with Gasteiger partial charge in [0.2, 0.25) is 0 Å². The largest absolute Gasteiger partial charge is 0.354 e. The van der Waals surface area contributed by atoms with E-state index in [9.17, 15) is 0 Å². The lowest BCUT2D eigenvalue weighted by Crippen LogP contribution is -2.53. The van der Waals surface area contributed by atoms with Crippen LogP contribution in [0.3, 0.4) is 0 Å². The van der Waals surface area contributed by atoms with Crippen LogP contribution in [-0.4, -0.2) is 40.7 Å². The van der Waals surface area contributed by atoms with E-state index in [0.717, 1.165) is 24.7 Å². The summed E-state index contributed by atoms with van der Waals surface area (Å²) in [5.74, 6) is 0. The van der Waals surface area contributed by atoms with E-state index >= 15 is 0 Å². The first-order valence-electron chi connectivity index (χ1n) is 5.02. The topological polar surface area (TPSA) is 24.8 Å². The summed E-state index contributed by atoms with van der Waals surface area (Å²) in [7, 11) is 0. The molecule has 2 heterocycles. The molecule has 1 unspecified atom stereocenters. The first kappa shape index (κ1) is 10.3. The van der Waals surface area contributed by atoms with Gasteiger partial charge in [0.25, 0.3) is 0 Å². The monoisotopic (exact) mass is 214 g/mol. The van der Waals surface area contributed by atoms with Gasteiger partial charge < -0.3 is 9.64 Å². The van der Waals surface area contributed by atoms with E-state index in [0.29, 0.717) is 0 Å². The molecule has 2 aliphatic heterocycles. The first-order valence-corrected chi connectivity index (χ1v) is 6.25. The molecule has 14 heavy (non-hydrogen) atoms. The van der Waals surface area contributed by atoms with Crippen LogP contribution in [-0.2, 0) is 4.74 Å². The van der Waals surface area contributed by atoms with Gasteiger partial charge in [0.05, 0.1) is 12.1 Å². The molecule has 0 spiro atoms. The van der Waals surface area contributed by atoms with Crippen molar-refractivity contribution in [2.75, 3.05) is 19.4 Å². The highest BCUT2D eigenvalue weighted by Gasteiger charge is 2.47. The molecule has 3 nitrogen and oxygen atoms in total. The van der Waals surface area contributed by atoms with Gasteiger partial charge in [-0.05, 0) is 27.0 Å². The van der Waals surface area contributed by atoms with Crippen LogP contribution in [0.4, 0.5) is 0 Å². The molecule has 2 rings (SSSR count). The molecule has 0 aromatic heterocycles. The van der Waals surface area contributed by atoms with E-state index in [-0.39, 0.29) is 11.3 Å². The maximum Gasteiger partial charge on any atom is 0.161 e. The Hall–Kier alpha value is -0.220. The highest BCUT2D eigenvalue weighted by Crippen LogP contribution is 2.39. The lowest BCUT2D eigenvalue weighted by atomic mass is 9.92. The molecular weight excluding hydrogens is 196 g/mol. The Kier molecular flexibility index (Phi) is 2.31. The predicted octanol–water partition coefficient (Wildman–Crippen LogP) is 1.94. The van der Waals surface area contributed by atoms with Crippen molar-refractivity contribution < 1.29 is 4.74 Å². The molecule has 0 N–H and O–H groups in total. The fourth-order valence-electron chi connectivity index (χ4n) is 2.43. The minimum absolute atomic E-state index is 0.00787. The van der Waals surface area contributed by atoms with E-state index in [1.54, 1.807) is 11.8 Å². The molecule has 2 aliphatic rings. The van der Waals surface area contributed by atoms with Gasteiger partial charge in [-0.1, -0.05) is 11.8 Å². The number of hydrogen-bond acceptors (Lipinski definition) is 4. The molecule has 0 radical (unpaired) electrons. The second kappa shape index (κ2) is 3.14. The Morgan fingerprint density at radius 3 is 2.79 bits per heavy atom. The van der Waals surface area contributed by atoms with Gasteiger partial charge in [0.1, 0.15) is 5.72 Å². The molecule has 1 fully saturated rings. The first-order chi connectivity index (χ1) is 6.47. The average Bonchev–Trinajstić information content (AvgIpc) is 2.42. The van der Waals surface area contributed by atoms with E-state index in [4.69, 9.17) is 9.73 Å². The number of hydrogen-bond donors (Lipinski definition) is 0. The van der Waals surface area contributed by atoms with Crippen molar-refractivity contribution in [3.8, 4) is 0 Å². The number of rotatable bonds is 0. The minimum Gasteiger partial charge on any atom is -0.354 e. The normalized spacial score (nSPS) is 35.4. The Balaban J connectivity index is 2.36. The zero-order valence-electron chi connectivity index (χ0n) is 9.33. The minimum atomic E-state index is -0.121. The van der Waals surface area contributed by atoms with Crippen LogP contribution in [0.25, 0.3) is 0 Å². The van der Waals surface area contributed by atoms with Crippen molar-refractivity contribution in [2.45, 2.75) is 38.5 Å². The molecule has 0 bridgehead atoms. The smallest absolute Gasteiger partial charge is 0.161 e. The van der Waals surface area contributed by atoms with Gasteiger partial charge in [-0.15, -0.1) is 0 Å². The van der Waals surface area contributed by atoms with Crippen LogP contribution in [0.15, 0.2) is 4.99 Å². The standard InChI is InChI=1S/C10H18N2OS/c1-9(2)7-10(3)12(5-6-13-10)8(11-9)14-4/h5-7H2,1-4H3. The highest BCUT2D eigenvalue weighted by atomic mass is 32.2. The fourth-order valence-corrected chi connectivity index (χ4v) is 3.28. The van der Waals surface area contributed by atoms with Crippen LogP contribution in [0.5, 0.6) is 0 Å². The third-order valence-electron chi connectivity index (χ3n) is 2.87. The Bertz CT molecular complexity index is 277. The number of thioether (sulfide) groups is 1. The predicted molar refractivity (Wildman–Crippen MR) is 60.7 cm³/mol. The van der Waals surface area contributed by atoms with Gasteiger partial charge in [-0.25, -0.2) is 0 Å². The second-order valence-electron chi connectivity index (χ2n) is 4.76. The van der Waals surface area contributed by atoms with E-state index in [1.807, 2.05) is 0 Å². The van der Waals surface area contributed by atoms with Crippen molar-refractivity contribution in [2.24, 2.45) is 4.99 Å². The summed E-state index contributed by atoms with van der Waals surface area (Å²) in [4.78, 5) is 7.04. The van der Waals surface area contributed by atoms with Crippen molar-refractivity contribution in [3.05, 3.63) is 0 Å². The Morgan fingerprint density at radius 2 is 2.14 bits per heavy atom. The van der Waals surface area contributed by atoms with Crippen LogP contribution >= 0.6 is 11.8 Å². The summed E-state index contributed by atoms with van der Waals surface area (Å²) < 4.78 is 5.84. The van der Waals surface area contributed by atoms with E-state index < -0.39 is 0 Å². The summed E-state index contributed by atoms with van der Waals surface area (Å²) in [6, 6.07) is 0. The van der Waals surface area contributed by atoms with E-state index in [1.165, 1.54) is 0 Å². The molecule has 0 amide bonds. The number of amidine groups is 1. The summed E-state index contributed by atoms with van der Waals surface area (Å²) in [6.45, 7) is 8.33. The second-order valence-corrected chi connectivity index (χ2v) is 5.54. The molecule has 0 saturated carbocycles. The van der Waals surface area contributed by atoms with Crippen LogP contribution < -0.4 is 0 Å². The van der Waals surface area contributed by atoms with Crippen molar-refractivity contribution in [1.29, 1.82) is 0 Å². The molecule has 1 saturated heterocycles. The average molecular weight is 214 g/mol. The van der Waals surface area contributed by atoms with Crippen molar-refractivity contribution in [3.63, 3.8) is 0 Å². The van der Waals surface area contributed by atoms with Crippen LogP contribution in [0, 0.1) is 0 Å². The Labute approximate surface area is 89.9 Å². The molecule has 1 atom stereocenters. The third-order valence-corrected chi connectivity index (χ3v) is 3.55. The number of nitrogens with zero attached hydrogens (tertiary/aromatic N) is 2. The van der Waals surface area contributed by atoms with Crippen molar-refractivity contribution >= 4 is 16.9 Å². The summed E-state index contributed by atoms with van der Waals surface area (Å²) in [6.07, 6.45) is 3.06. The maximum absolute atomic E-state index is 5.84. The SMILES string of the molecule is CSC1=NC(C)(C)CC2(C)OCCN12. The van der Waals surface area contributed by atoms with Gasteiger partial charge in [-0.3, -0.25) is 4.99 Å². The summed E-state index contributed by atoms with van der Waals surface area (Å²) in [5.41, 5.74) is -0.114. The molecule has 4 heteroatoms. The Morgan fingerprint density at radius 1 is 1.43 bits per heavy atom. The lowest BCUT2D eigenvalue weighted by Gasteiger charge is -2.44. The van der Waals surface area contributed by atoms with Crippen molar-refractivity contribution in [1.82, 2.24) is 4.90 Å². The molecular formula is C10H18N2OS. The van der Waals surface area contributed by atoms with Crippen LogP contribution in [0.1, 0.15) is 27.2 Å². The van der Waals surface area contributed by atoms with Gasteiger partial charge >= 0.3 is 0 Å². The van der Waals surface area contributed by atoms with Gasteiger partial charge in [-0.2, -0.15) is 0 Å². The third kappa shape index (κ3) is 1.54. The summed E-state index contributed by atoms with van der Waals surface area (Å²) >= 11 is 1.72. The quantitative estimate of drug-likeness (QED) is 0.616. The van der Waals surface area contributed by atoms with E-state index in [2.05, 4.69) is 31.9 Å². The summed E-state index contributed by atoms with van der Waals surface area (Å²) in [5, 5.41) is 1.13. The lowest BCUT2D eigenvalue weighted by molar-refractivity contribution is -0.0622. The highest BCUT2D eigenvalue weighted by molar-refractivity contribution is 8.13. The number of ether oxygens (including phenoxy) is 1. The van der Waals surface area contributed by atoms with Crippen LogP contribution in [0.2, 0.25) is 0 Å². The fraction of sp³-hybridized carbons (Fsp3) is 0.900. The zero-order chi connectivity index (χ0) is 10.4. The van der Waals surface area contributed by atoms with Gasteiger partial charge in [0.15, 0.2) is 5.17 Å². The zero-order valence-corrected chi connectivity index (χ0v) is 10.1. The molecule has 0 aromatic carbocycles.